The largest absolute Gasteiger partial charge is 0.460 e. The van der Waals surface area contributed by atoms with Crippen LogP contribution in [0.15, 0.2) is 54.6 Å². The van der Waals surface area contributed by atoms with E-state index in [1.807, 2.05) is 30.3 Å². The van der Waals surface area contributed by atoms with Gasteiger partial charge in [0, 0.05) is 12.6 Å². The second-order valence-corrected chi connectivity index (χ2v) is 6.22. The van der Waals surface area contributed by atoms with E-state index in [1.54, 1.807) is 0 Å². The molecule has 2 aromatic rings. The smallest absolute Gasteiger partial charge is 0.323 e. The van der Waals surface area contributed by atoms with Gasteiger partial charge in [0.25, 0.3) is 0 Å². The van der Waals surface area contributed by atoms with Crippen LogP contribution in [-0.4, -0.2) is 23.5 Å². The maximum Gasteiger partial charge on any atom is 0.323 e. The van der Waals surface area contributed by atoms with Gasteiger partial charge >= 0.3 is 5.97 Å². The number of rotatable bonds is 5. The van der Waals surface area contributed by atoms with E-state index in [1.165, 1.54) is 11.1 Å². The monoisotopic (exact) mass is 309 g/mol. The molecule has 0 aliphatic carbocycles. The Morgan fingerprint density at radius 3 is 2.48 bits per heavy atom. The molecule has 2 unspecified atom stereocenters. The second-order valence-electron chi connectivity index (χ2n) is 6.22. The number of aryl methyl sites for hydroxylation is 1. The number of hydrogen-bond donors (Lipinski definition) is 0. The van der Waals surface area contributed by atoms with Crippen molar-refractivity contribution in [1.82, 2.24) is 4.90 Å². The average molecular weight is 309 g/mol. The first-order valence-electron chi connectivity index (χ1n) is 8.18. The lowest BCUT2D eigenvalue weighted by Crippen LogP contribution is -2.53. The third kappa shape index (κ3) is 3.62. The predicted octanol–water partition coefficient (Wildman–Crippen LogP) is 3.87. The van der Waals surface area contributed by atoms with Gasteiger partial charge in [-0.25, -0.2) is 0 Å². The number of benzene rings is 2. The van der Waals surface area contributed by atoms with Gasteiger partial charge in [0.2, 0.25) is 0 Å². The maximum atomic E-state index is 12.3. The highest BCUT2D eigenvalue weighted by molar-refractivity contribution is 5.77. The molecule has 1 aliphatic rings. The van der Waals surface area contributed by atoms with Crippen LogP contribution in [0.5, 0.6) is 0 Å². The fourth-order valence-corrected chi connectivity index (χ4v) is 2.99. The van der Waals surface area contributed by atoms with Crippen LogP contribution in [0.1, 0.15) is 36.1 Å². The molecule has 3 nitrogen and oxygen atoms in total. The molecule has 1 saturated heterocycles. The van der Waals surface area contributed by atoms with Gasteiger partial charge in [0.05, 0.1) is 0 Å². The number of carbonyl (C=O) groups excluding carboxylic acids is 1. The highest BCUT2D eigenvalue weighted by Crippen LogP contribution is 2.31. The van der Waals surface area contributed by atoms with E-state index in [4.69, 9.17) is 4.74 Å². The Hall–Kier alpha value is -2.13. The number of ether oxygens (including phenoxy) is 1. The van der Waals surface area contributed by atoms with Gasteiger partial charge in [0.1, 0.15) is 12.6 Å². The molecule has 0 amide bonds. The van der Waals surface area contributed by atoms with E-state index >= 15 is 0 Å². The first-order valence-corrected chi connectivity index (χ1v) is 8.18. The van der Waals surface area contributed by atoms with Crippen molar-refractivity contribution in [2.24, 2.45) is 0 Å². The normalized spacial score (nSPS) is 19.0. The van der Waals surface area contributed by atoms with Gasteiger partial charge in [-0.3, -0.25) is 9.69 Å². The molecule has 1 aliphatic heterocycles. The minimum Gasteiger partial charge on any atom is -0.460 e. The van der Waals surface area contributed by atoms with Crippen LogP contribution >= 0.6 is 0 Å². The Labute approximate surface area is 137 Å². The lowest BCUT2D eigenvalue weighted by atomic mass is 9.96. The fourth-order valence-electron chi connectivity index (χ4n) is 2.99. The molecule has 0 bridgehead atoms. The minimum atomic E-state index is -0.116. The molecule has 2 aromatic carbocycles. The summed E-state index contributed by atoms with van der Waals surface area (Å²) in [5.41, 5.74) is 3.53. The molecule has 1 fully saturated rings. The maximum absolute atomic E-state index is 12.3. The van der Waals surface area contributed by atoms with Crippen LogP contribution in [0.25, 0.3) is 0 Å². The van der Waals surface area contributed by atoms with Gasteiger partial charge < -0.3 is 4.74 Å². The minimum absolute atomic E-state index is 0.112. The second kappa shape index (κ2) is 6.97. The first-order chi connectivity index (χ1) is 11.1. The lowest BCUT2D eigenvalue weighted by molar-refractivity contribution is -0.158. The zero-order valence-electron chi connectivity index (χ0n) is 13.7. The summed E-state index contributed by atoms with van der Waals surface area (Å²) >= 11 is 0. The van der Waals surface area contributed by atoms with Crippen molar-refractivity contribution in [2.45, 2.75) is 39.0 Å². The van der Waals surface area contributed by atoms with E-state index in [9.17, 15) is 4.79 Å². The van der Waals surface area contributed by atoms with E-state index in [0.717, 1.165) is 18.5 Å². The summed E-state index contributed by atoms with van der Waals surface area (Å²) in [6.45, 7) is 5.53. The Balaban J connectivity index is 1.58. The Bertz CT molecular complexity index is 651. The average Bonchev–Trinajstić information content (AvgIpc) is 2.53. The summed E-state index contributed by atoms with van der Waals surface area (Å²) in [4.78, 5) is 14.6. The van der Waals surface area contributed by atoms with Crippen LogP contribution in [0.3, 0.4) is 0 Å². The molecule has 0 radical (unpaired) electrons. The van der Waals surface area contributed by atoms with Crippen LogP contribution in [-0.2, 0) is 16.1 Å². The summed E-state index contributed by atoms with van der Waals surface area (Å²) in [7, 11) is 0. The highest BCUT2D eigenvalue weighted by Gasteiger charge is 2.38. The van der Waals surface area contributed by atoms with Crippen LogP contribution < -0.4 is 0 Å². The van der Waals surface area contributed by atoms with E-state index in [0.29, 0.717) is 6.61 Å². The Morgan fingerprint density at radius 1 is 1.17 bits per heavy atom. The van der Waals surface area contributed by atoms with Gasteiger partial charge in [-0.05, 0) is 31.4 Å². The molecular formula is C20H23NO2. The van der Waals surface area contributed by atoms with Crippen LogP contribution in [0.2, 0.25) is 0 Å². The quantitative estimate of drug-likeness (QED) is 0.785. The van der Waals surface area contributed by atoms with E-state index in [2.05, 4.69) is 43.0 Å². The number of nitrogens with zero attached hydrogens (tertiary/aromatic N) is 1. The van der Waals surface area contributed by atoms with Crippen molar-refractivity contribution in [1.29, 1.82) is 0 Å². The number of esters is 1. The Morgan fingerprint density at radius 2 is 1.87 bits per heavy atom. The van der Waals surface area contributed by atoms with Crippen LogP contribution in [0, 0.1) is 6.92 Å². The molecule has 3 heteroatoms. The van der Waals surface area contributed by atoms with Gasteiger partial charge in [0.15, 0.2) is 0 Å². The van der Waals surface area contributed by atoms with Crippen LogP contribution in [0.4, 0.5) is 0 Å². The summed E-state index contributed by atoms with van der Waals surface area (Å²) in [6, 6.07) is 18.5. The fraction of sp³-hybridized carbons (Fsp3) is 0.350. The SMILES string of the molecule is Cc1ccc(C(C)N2CCC2C(=O)OCc2ccccc2)cc1. The van der Waals surface area contributed by atoms with Crippen molar-refractivity contribution >= 4 is 5.97 Å². The summed E-state index contributed by atoms with van der Waals surface area (Å²) in [6.07, 6.45) is 0.879. The number of hydrogen-bond acceptors (Lipinski definition) is 3. The molecule has 120 valence electrons. The molecule has 0 saturated carbocycles. The highest BCUT2D eigenvalue weighted by atomic mass is 16.5. The van der Waals surface area contributed by atoms with Gasteiger partial charge in [-0.1, -0.05) is 60.2 Å². The lowest BCUT2D eigenvalue weighted by Gasteiger charge is -2.43. The van der Waals surface area contributed by atoms with Crippen molar-refractivity contribution in [3.05, 3.63) is 71.3 Å². The summed E-state index contributed by atoms with van der Waals surface area (Å²) in [5, 5.41) is 0. The predicted molar refractivity (Wildman–Crippen MR) is 90.9 cm³/mol. The van der Waals surface area contributed by atoms with Crippen molar-refractivity contribution in [3.8, 4) is 0 Å². The zero-order valence-corrected chi connectivity index (χ0v) is 13.7. The molecule has 0 N–H and O–H groups in total. The Kier molecular flexibility index (Phi) is 4.77. The molecule has 1 heterocycles. The third-order valence-electron chi connectivity index (χ3n) is 4.61. The van der Waals surface area contributed by atoms with Gasteiger partial charge in [-0.15, -0.1) is 0 Å². The molecule has 0 aromatic heterocycles. The van der Waals surface area contributed by atoms with E-state index in [-0.39, 0.29) is 18.1 Å². The van der Waals surface area contributed by atoms with Crippen molar-refractivity contribution in [3.63, 3.8) is 0 Å². The standard InChI is InChI=1S/C20H23NO2/c1-15-8-10-18(11-9-15)16(2)21-13-12-19(21)20(22)23-14-17-6-4-3-5-7-17/h3-11,16,19H,12-14H2,1-2H3. The van der Waals surface area contributed by atoms with Gasteiger partial charge in [-0.2, -0.15) is 0 Å². The first kappa shape index (κ1) is 15.8. The van der Waals surface area contributed by atoms with Crippen molar-refractivity contribution in [2.75, 3.05) is 6.54 Å². The van der Waals surface area contributed by atoms with Crippen molar-refractivity contribution < 1.29 is 9.53 Å². The summed E-state index contributed by atoms with van der Waals surface area (Å²) < 4.78 is 5.49. The molecular weight excluding hydrogens is 286 g/mol. The number of carbonyl (C=O) groups is 1. The third-order valence-corrected chi connectivity index (χ3v) is 4.61. The molecule has 2 atom stereocenters. The molecule has 23 heavy (non-hydrogen) atoms. The summed E-state index contributed by atoms with van der Waals surface area (Å²) in [5.74, 6) is -0.112. The topological polar surface area (TPSA) is 29.5 Å². The molecule has 3 rings (SSSR count). The zero-order chi connectivity index (χ0) is 16.2. The molecule has 0 spiro atoms. The number of likely N-dealkylation sites (tertiary alicyclic amines) is 1. The van der Waals surface area contributed by atoms with E-state index < -0.39 is 0 Å².